The Labute approximate surface area is 81.0 Å². The summed E-state index contributed by atoms with van der Waals surface area (Å²) in [6, 6.07) is 3.39. The van der Waals surface area contributed by atoms with Gasteiger partial charge < -0.3 is 10.8 Å². The van der Waals surface area contributed by atoms with Crippen molar-refractivity contribution in [3.63, 3.8) is 0 Å². The number of rotatable bonds is 0. The van der Waals surface area contributed by atoms with Gasteiger partial charge in [0.25, 0.3) is 0 Å². The van der Waals surface area contributed by atoms with E-state index in [0.29, 0.717) is 9.60 Å². The third-order valence-corrected chi connectivity index (χ3v) is 2.96. The van der Waals surface area contributed by atoms with Gasteiger partial charge in [-0.1, -0.05) is 11.3 Å². The molecule has 12 heavy (non-hydrogen) atoms. The molecule has 0 aliphatic heterocycles. The molecule has 0 saturated heterocycles. The number of halogens is 1. The number of phenols is 1. The quantitative estimate of drug-likeness (QED) is 0.748. The molecule has 1 heterocycles. The molecule has 3 N–H and O–H groups in total. The Balaban J connectivity index is 2.83. The molecule has 0 unspecified atom stereocenters. The summed E-state index contributed by atoms with van der Waals surface area (Å²) in [5, 5.41) is 9.83. The minimum Gasteiger partial charge on any atom is -0.507 e. The van der Waals surface area contributed by atoms with E-state index in [-0.39, 0.29) is 5.75 Å². The topological polar surface area (TPSA) is 59.1 Å². The van der Waals surface area contributed by atoms with Crippen LogP contribution in [0.1, 0.15) is 0 Å². The number of hydrogen-bond acceptors (Lipinski definition) is 4. The Kier molecular flexibility index (Phi) is 1.69. The summed E-state index contributed by atoms with van der Waals surface area (Å²) < 4.78 is 1.54. The highest BCUT2D eigenvalue weighted by molar-refractivity contribution is 9.10. The zero-order valence-electron chi connectivity index (χ0n) is 5.91. The molecule has 0 spiro atoms. The predicted molar refractivity (Wildman–Crippen MR) is 53.4 cm³/mol. The van der Waals surface area contributed by atoms with Crippen LogP contribution in [-0.2, 0) is 0 Å². The second kappa shape index (κ2) is 2.60. The number of aromatic hydroxyl groups is 1. The van der Waals surface area contributed by atoms with Crippen LogP contribution in [0.5, 0.6) is 5.75 Å². The molecule has 0 fully saturated rings. The van der Waals surface area contributed by atoms with Gasteiger partial charge in [-0.25, -0.2) is 4.98 Å². The van der Waals surface area contributed by atoms with E-state index >= 15 is 0 Å². The molecule has 0 aliphatic rings. The van der Waals surface area contributed by atoms with Gasteiger partial charge in [0, 0.05) is 6.07 Å². The predicted octanol–water partition coefficient (Wildman–Crippen LogP) is 2.35. The van der Waals surface area contributed by atoms with E-state index in [2.05, 4.69) is 20.9 Å². The van der Waals surface area contributed by atoms with Gasteiger partial charge in [0.2, 0.25) is 0 Å². The van der Waals surface area contributed by atoms with E-state index in [9.17, 15) is 5.11 Å². The average molecular weight is 245 g/mol. The molecule has 3 nitrogen and oxygen atoms in total. The molecule has 0 amide bonds. The van der Waals surface area contributed by atoms with E-state index in [4.69, 9.17) is 5.73 Å². The van der Waals surface area contributed by atoms with E-state index in [1.165, 1.54) is 11.3 Å². The first-order valence-electron chi connectivity index (χ1n) is 3.21. The zero-order valence-corrected chi connectivity index (χ0v) is 8.32. The van der Waals surface area contributed by atoms with Crippen LogP contribution in [-0.4, -0.2) is 10.1 Å². The Bertz CT molecular complexity index is 401. The van der Waals surface area contributed by atoms with Crippen molar-refractivity contribution in [1.29, 1.82) is 0 Å². The zero-order chi connectivity index (χ0) is 8.72. The Morgan fingerprint density at radius 2 is 2.25 bits per heavy atom. The lowest BCUT2D eigenvalue weighted by Crippen LogP contribution is -1.79. The van der Waals surface area contributed by atoms with E-state index in [1.54, 1.807) is 12.1 Å². The number of thiazole rings is 1. The van der Waals surface area contributed by atoms with Gasteiger partial charge in [-0.2, -0.15) is 0 Å². The maximum atomic E-state index is 9.32. The Morgan fingerprint density at radius 1 is 1.50 bits per heavy atom. The van der Waals surface area contributed by atoms with Crippen molar-refractivity contribution in [3.8, 4) is 5.75 Å². The molecule has 1 aromatic heterocycles. The number of nitrogens with two attached hydrogens (primary N) is 1. The number of nitrogens with zero attached hydrogens (tertiary/aromatic N) is 1. The van der Waals surface area contributed by atoms with Crippen molar-refractivity contribution in [2.24, 2.45) is 0 Å². The fourth-order valence-corrected chi connectivity index (χ4v) is 2.04. The molecule has 0 bridgehead atoms. The largest absolute Gasteiger partial charge is 0.507 e. The van der Waals surface area contributed by atoms with Crippen LogP contribution in [0.3, 0.4) is 0 Å². The number of anilines is 1. The molecule has 0 radical (unpaired) electrons. The minimum absolute atomic E-state index is 0.214. The standard InChI is InChI=1S/C7H5BrN2OS/c8-3-1-4-6(2-5(3)11)12-7(9)10-4/h1-2,11H,(H2,9,10). The summed E-state index contributed by atoms with van der Waals surface area (Å²) in [4.78, 5) is 4.07. The third-order valence-electron chi connectivity index (χ3n) is 1.47. The number of benzene rings is 1. The second-order valence-electron chi connectivity index (χ2n) is 2.32. The van der Waals surface area contributed by atoms with Crippen LogP contribution in [0.2, 0.25) is 0 Å². The van der Waals surface area contributed by atoms with Crippen molar-refractivity contribution in [1.82, 2.24) is 4.98 Å². The van der Waals surface area contributed by atoms with Gasteiger partial charge in [-0.3, -0.25) is 0 Å². The van der Waals surface area contributed by atoms with Gasteiger partial charge in [0.1, 0.15) is 5.75 Å². The summed E-state index contributed by atoms with van der Waals surface area (Å²) in [5.41, 5.74) is 6.31. The van der Waals surface area contributed by atoms with Crippen molar-refractivity contribution in [3.05, 3.63) is 16.6 Å². The lowest BCUT2D eigenvalue weighted by Gasteiger charge is -1.93. The monoisotopic (exact) mass is 244 g/mol. The maximum absolute atomic E-state index is 9.32. The summed E-state index contributed by atoms with van der Waals surface area (Å²) in [5.74, 6) is 0.214. The molecule has 1 aromatic carbocycles. The van der Waals surface area contributed by atoms with Gasteiger partial charge in [-0.15, -0.1) is 0 Å². The minimum atomic E-state index is 0.214. The number of nitrogen functional groups attached to an aromatic ring is 1. The lowest BCUT2D eigenvalue weighted by molar-refractivity contribution is 0.473. The van der Waals surface area contributed by atoms with Crippen molar-refractivity contribution < 1.29 is 5.11 Å². The highest BCUT2D eigenvalue weighted by atomic mass is 79.9. The van der Waals surface area contributed by atoms with Crippen molar-refractivity contribution in [2.75, 3.05) is 5.73 Å². The smallest absolute Gasteiger partial charge is 0.181 e. The van der Waals surface area contributed by atoms with Gasteiger partial charge >= 0.3 is 0 Å². The van der Waals surface area contributed by atoms with E-state index in [1.807, 2.05) is 0 Å². The first-order valence-corrected chi connectivity index (χ1v) is 4.82. The first kappa shape index (κ1) is 7.82. The summed E-state index contributed by atoms with van der Waals surface area (Å²) in [7, 11) is 0. The SMILES string of the molecule is Nc1nc2cc(Br)c(O)cc2s1. The second-order valence-corrected chi connectivity index (χ2v) is 4.24. The fourth-order valence-electron chi connectivity index (χ4n) is 0.955. The van der Waals surface area contributed by atoms with Gasteiger partial charge in [-0.05, 0) is 22.0 Å². The molecule has 5 heteroatoms. The Hall–Kier alpha value is -0.810. The fraction of sp³-hybridized carbons (Fsp3) is 0. The normalized spacial score (nSPS) is 10.8. The van der Waals surface area contributed by atoms with Crippen LogP contribution in [0.15, 0.2) is 16.6 Å². The molecule has 2 aromatic rings. The molecule has 0 atom stereocenters. The van der Waals surface area contributed by atoms with Crippen LogP contribution in [0.25, 0.3) is 10.2 Å². The number of aromatic nitrogens is 1. The molecule has 0 aliphatic carbocycles. The highest BCUT2D eigenvalue weighted by Crippen LogP contribution is 2.32. The van der Waals surface area contributed by atoms with Gasteiger partial charge in [0.15, 0.2) is 5.13 Å². The number of fused-ring (bicyclic) bond motifs is 1. The highest BCUT2D eigenvalue weighted by Gasteiger charge is 2.04. The molecular formula is C7H5BrN2OS. The summed E-state index contributed by atoms with van der Waals surface area (Å²) in [6.07, 6.45) is 0. The van der Waals surface area contributed by atoms with Crippen molar-refractivity contribution >= 4 is 42.6 Å². The van der Waals surface area contributed by atoms with Crippen LogP contribution >= 0.6 is 27.3 Å². The summed E-state index contributed by atoms with van der Waals surface area (Å²) in [6.45, 7) is 0. The van der Waals surface area contributed by atoms with Gasteiger partial charge in [0.05, 0.1) is 14.7 Å². The van der Waals surface area contributed by atoms with Crippen molar-refractivity contribution in [2.45, 2.75) is 0 Å². The summed E-state index contributed by atoms with van der Waals surface area (Å²) >= 11 is 4.56. The number of hydrogen-bond donors (Lipinski definition) is 2. The van der Waals surface area contributed by atoms with E-state index < -0.39 is 0 Å². The maximum Gasteiger partial charge on any atom is 0.181 e. The average Bonchev–Trinajstić information content (AvgIpc) is 2.30. The van der Waals surface area contributed by atoms with E-state index in [0.717, 1.165) is 10.2 Å². The number of phenolic OH excluding ortho intramolecular Hbond substituents is 1. The first-order chi connectivity index (χ1) is 5.66. The lowest BCUT2D eigenvalue weighted by atomic mass is 10.3. The van der Waals surface area contributed by atoms with Crippen LogP contribution in [0.4, 0.5) is 5.13 Å². The van der Waals surface area contributed by atoms with Crippen LogP contribution in [0, 0.1) is 0 Å². The molecular weight excluding hydrogens is 240 g/mol. The molecule has 2 rings (SSSR count). The Morgan fingerprint density at radius 3 is 3.00 bits per heavy atom. The molecule has 0 saturated carbocycles. The third kappa shape index (κ3) is 1.15. The van der Waals surface area contributed by atoms with Crippen LogP contribution < -0.4 is 5.73 Å². The molecule has 62 valence electrons.